The average molecular weight is 820 g/mol. The fourth-order valence-electron chi connectivity index (χ4n) is 10.7. The number of anilines is 3. The quantitative estimate of drug-likeness (QED) is 0.152. The number of hydrogen-bond donors (Lipinski definition) is 0. The molecule has 1 aliphatic rings. The van der Waals surface area contributed by atoms with E-state index in [-0.39, 0.29) is 0 Å². The second-order valence-electron chi connectivity index (χ2n) is 17.4. The van der Waals surface area contributed by atoms with Crippen molar-refractivity contribution in [3.63, 3.8) is 0 Å². The standard InChI is InChI=1S/C62H45NO/c1-41(2)50-26-16-27-55-61(50)53-36-35-49(40-56(53)62(55,46-20-8-4-9-21-46)47-22-10-5-11-23-47)63(57-37-31-43-17-12-13-24-51(43)60(57)44-18-6-3-7-19-44)48-33-29-42(30-34-48)45-32-38-59-54(39-45)52-25-14-15-28-58(52)64-59/h3-41H,1-2H3. The molecule has 10 aromatic carbocycles. The summed E-state index contributed by atoms with van der Waals surface area (Å²) in [6.45, 7) is 4.64. The van der Waals surface area contributed by atoms with Gasteiger partial charge in [-0.15, -0.1) is 0 Å². The summed E-state index contributed by atoms with van der Waals surface area (Å²) in [5.41, 5.74) is 18.4. The maximum atomic E-state index is 6.20. The summed E-state index contributed by atoms with van der Waals surface area (Å²) in [4.78, 5) is 2.48. The molecule has 64 heavy (non-hydrogen) atoms. The SMILES string of the molecule is CC(C)c1cccc2c1-c1ccc(N(c3ccc(-c4ccc5oc6ccccc6c5c4)cc3)c3ccc4ccccc4c3-c3ccccc3)cc1C2(c1ccccc1)c1ccccc1. The van der Waals surface area contributed by atoms with Crippen LogP contribution in [0, 0.1) is 0 Å². The van der Waals surface area contributed by atoms with E-state index in [1.807, 2.05) is 12.1 Å². The van der Waals surface area contributed by atoms with E-state index in [4.69, 9.17) is 4.42 Å². The molecule has 0 aliphatic heterocycles. The molecule has 0 radical (unpaired) electrons. The molecule has 0 saturated heterocycles. The van der Waals surface area contributed by atoms with Gasteiger partial charge in [-0.3, -0.25) is 0 Å². The monoisotopic (exact) mass is 819 g/mol. The van der Waals surface area contributed by atoms with Gasteiger partial charge >= 0.3 is 0 Å². The van der Waals surface area contributed by atoms with Gasteiger partial charge in [0, 0.05) is 27.7 Å². The van der Waals surface area contributed by atoms with Crippen LogP contribution in [0.5, 0.6) is 0 Å². The molecule has 11 aromatic rings. The molecule has 0 atom stereocenters. The van der Waals surface area contributed by atoms with Gasteiger partial charge in [0.15, 0.2) is 0 Å². The molecule has 2 heteroatoms. The van der Waals surface area contributed by atoms with Crippen molar-refractivity contribution < 1.29 is 4.42 Å². The topological polar surface area (TPSA) is 16.4 Å². The molecule has 12 rings (SSSR count). The van der Waals surface area contributed by atoms with Crippen LogP contribution in [0.4, 0.5) is 17.1 Å². The minimum absolute atomic E-state index is 0.346. The van der Waals surface area contributed by atoms with Gasteiger partial charge in [-0.25, -0.2) is 0 Å². The fourth-order valence-corrected chi connectivity index (χ4v) is 10.7. The first-order valence-corrected chi connectivity index (χ1v) is 22.4. The summed E-state index contributed by atoms with van der Waals surface area (Å²) in [5.74, 6) is 0.346. The van der Waals surface area contributed by atoms with Crippen LogP contribution in [-0.4, -0.2) is 0 Å². The van der Waals surface area contributed by atoms with Crippen LogP contribution in [0.15, 0.2) is 235 Å². The van der Waals surface area contributed by atoms with E-state index in [0.29, 0.717) is 5.92 Å². The smallest absolute Gasteiger partial charge is 0.135 e. The maximum Gasteiger partial charge on any atom is 0.135 e. The lowest BCUT2D eigenvalue weighted by atomic mass is 9.67. The Bertz CT molecular complexity index is 3470. The number of rotatable bonds is 8. The summed E-state index contributed by atoms with van der Waals surface area (Å²) < 4.78 is 6.20. The lowest BCUT2D eigenvalue weighted by molar-refractivity contribution is 0.669. The molecule has 0 N–H and O–H groups in total. The molecule has 0 amide bonds. The Morgan fingerprint density at radius 3 is 1.77 bits per heavy atom. The zero-order valence-electron chi connectivity index (χ0n) is 35.9. The van der Waals surface area contributed by atoms with E-state index < -0.39 is 5.41 Å². The van der Waals surface area contributed by atoms with E-state index in [9.17, 15) is 0 Å². The Labute approximate surface area is 374 Å². The first kappa shape index (κ1) is 37.8. The number of benzene rings is 10. The fraction of sp³-hybridized carbons (Fsp3) is 0.0645. The van der Waals surface area contributed by atoms with Crippen LogP contribution >= 0.6 is 0 Å². The zero-order valence-corrected chi connectivity index (χ0v) is 35.9. The predicted octanol–water partition coefficient (Wildman–Crippen LogP) is 17.0. The number of hydrogen-bond acceptors (Lipinski definition) is 2. The third-order valence-electron chi connectivity index (χ3n) is 13.5. The summed E-state index contributed by atoms with van der Waals surface area (Å²) in [7, 11) is 0. The van der Waals surface area contributed by atoms with Crippen LogP contribution in [0.1, 0.15) is 47.6 Å². The van der Waals surface area contributed by atoms with Crippen LogP contribution in [0.2, 0.25) is 0 Å². The zero-order chi connectivity index (χ0) is 42.8. The number of para-hydroxylation sites is 1. The van der Waals surface area contributed by atoms with E-state index in [2.05, 4.69) is 237 Å². The minimum atomic E-state index is -0.550. The normalized spacial score (nSPS) is 12.8. The highest BCUT2D eigenvalue weighted by atomic mass is 16.3. The molecular formula is C62H45NO. The van der Waals surface area contributed by atoms with E-state index in [1.54, 1.807) is 0 Å². The molecular weight excluding hydrogens is 775 g/mol. The molecule has 1 aliphatic carbocycles. The second-order valence-corrected chi connectivity index (χ2v) is 17.4. The molecule has 0 saturated carbocycles. The van der Waals surface area contributed by atoms with Gasteiger partial charge in [-0.1, -0.05) is 196 Å². The molecule has 0 bridgehead atoms. The average Bonchev–Trinajstić information content (AvgIpc) is 3.88. The Balaban J connectivity index is 1.12. The van der Waals surface area contributed by atoms with Crippen molar-refractivity contribution in [1.29, 1.82) is 0 Å². The van der Waals surface area contributed by atoms with Crippen LogP contribution in [0.3, 0.4) is 0 Å². The number of nitrogens with zero attached hydrogens (tertiary/aromatic N) is 1. The Morgan fingerprint density at radius 1 is 0.406 bits per heavy atom. The van der Waals surface area contributed by atoms with Crippen LogP contribution in [-0.2, 0) is 5.41 Å². The highest BCUT2D eigenvalue weighted by molar-refractivity contribution is 6.07. The van der Waals surface area contributed by atoms with Gasteiger partial charge in [-0.05, 0) is 121 Å². The second kappa shape index (κ2) is 15.1. The lowest BCUT2D eigenvalue weighted by Crippen LogP contribution is -2.28. The number of furan rings is 1. The van der Waals surface area contributed by atoms with Crippen LogP contribution in [0.25, 0.3) is 66.1 Å². The van der Waals surface area contributed by atoms with Gasteiger partial charge in [-0.2, -0.15) is 0 Å². The highest BCUT2D eigenvalue weighted by Gasteiger charge is 2.47. The summed E-state index contributed by atoms with van der Waals surface area (Å²) in [5, 5.41) is 4.68. The molecule has 1 aromatic heterocycles. The van der Waals surface area contributed by atoms with Crippen molar-refractivity contribution in [3.05, 3.63) is 258 Å². The van der Waals surface area contributed by atoms with Crippen molar-refractivity contribution >= 4 is 49.8 Å². The van der Waals surface area contributed by atoms with Gasteiger partial charge < -0.3 is 9.32 Å². The third-order valence-corrected chi connectivity index (χ3v) is 13.5. The maximum absolute atomic E-state index is 6.20. The van der Waals surface area contributed by atoms with Crippen molar-refractivity contribution in [2.75, 3.05) is 4.90 Å². The molecule has 0 spiro atoms. The minimum Gasteiger partial charge on any atom is -0.456 e. The Kier molecular flexibility index (Phi) is 8.95. The third kappa shape index (κ3) is 5.87. The first-order valence-electron chi connectivity index (χ1n) is 22.4. The van der Waals surface area contributed by atoms with E-state index in [1.165, 1.54) is 60.8 Å². The number of fused-ring (bicyclic) bond motifs is 7. The summed E-state index contributed by atoms with van der Waals surface area (Å²) in [6, 6.07) is 84.7. The molecule has 1 heterocycles. The predicted molar refractivity (Wildman–Crippen MR) is 268 cm³/mol. The molecule has 304 valence electrons. The molecule has 0 unspecified atom stereocenters. The van der Waals surface area contributed by atoms with Gasteiger partial charge in [0.1, 0.15) is 11.2 Å². The highest BCUT2D eigenvalue weighted by Crippen LogP contribution is 2.59. The van der Waals surface area contributed by atoms with Crippen LogP contribution < -0.4 is 4.90 Å². The van der Waals surface area contributed by atoms with Crippen molar-refractivity contribution in [2.24, 2.45) is 0 Å². The van der Waals surface area contributed by atoms with Crippen molar-refractivity contribution in [2.45, 2.75) is 25.2 Å². The van der Waals surface area contributed by atoms with Crippen molar-refractivity contribution in [3.8, 4) is 33.4 Å². The Morgan fingerprint density at radius 2 is 1.03 bits per heavy atom. The molecule has 0 fully saturated rings. The lowest BCUT2D eigenvalue weighted by Gasteiger charge is -2.35. The van der Waals surface area contributed by atoms with Gasteiger partial charge in [0.2, 0.25) is 0 Å². The van der Waals surface area contributed by atoms with E-state index in [0.717, 1.165) is 50.1 Å². The van der Waals surface area contributed by atoms with Crippen molar-refractivity contribution in [1.82, 2.24) is 0 Å². The summed E-state index contributed by atoms with van der Waals surface area (Å²) >= 11 is 0. The largest absolute Gasteiger partial charge is 0.456 e. The Hall–Kier alpha value is -7.94. The molecule has 2 nitrogen and oxygen atoms in total. The van der Waals surface area contributed by atoms with Gasteiger partial charge in [0.25, 0.3) is 0 Å². The first-order chi connectivity index (χ1) is 31.6. The van der Waals surface area contributed by atoms with E-state index >= 15 is 0 Å². The summed E-state index contributed by atoms with van der Waals surface area (Å²) in [6.07, 6.45) is 0. The van der Waals surface area contributed by atoms with Gasteiger partial charge in [0.05, 0.1) is 11.1 Å².